The van der Waals surface area contributed by atoms with Crippen LogP contribution in [0.3, 0.4) is 0 Å². The van der Waals surface area contributed by atoms with E-state index >= 15 is 0 Å². The van der Waals surface area contributed by atoms with E-state index in [9.17, 15) is 37.5 Å². The fourth-order valence-corrected chi connectivity index (χ4v) is 8.03. The molecule has 0 radical (unpaired) electrons. The number of aromatic carboxylic acids is 1. The Balaban J connectivity index is 0.000000241. The Morgan fingerprint density at radius 1 is 0.656 bits per heavy atom. The van der Waals surface area contributed by atoms with Gasteiger partial charge < -0.3 is 42.6 Å². The lowest BCUT2D eigenvalue weighted by molar-refractivity contribution is -0.119. The van der Waals surface area contributed by atoms with Gasteiger partial charge in [-0.1, -0.05) is 70.1 Å². The number of ketones is 2. The fourth-order valence-electron chi connectivity index (χ4n) is 5.69. The van der Waals surface area contributed by atoms with Crippen LogP contribution in [0, 0.1) is 11.6 Å². The Labute approximate surface area is 381 Å². The number of thiazole rings is 2. The summed E-state index contributed by atoms with van der Waals surface area (Å²) in [5.74, 6) is -5.49. The molecule has 0 fully saturated rings. The SMILES string of the molecule is CCOC(=O)c1ccc(C(=O)c2sc(N(c3ccc(Cl)c(F)c3)[C@H](C)C(N)=O)nc2N)cc1.C[C@H](C(N)=O)N(c1ccc(Cl)c(F)c1)c1nc(N)c(C(=O)c2ccc(C(=O)O)cc2)s1. The number of anilines is 6. The van der Waals surface area contributed by atoms with Gasteiger partial charge in [-0.3, -0.25) is 19.2 Å². The number of nitrogens with zero attached hydrogens (tertiary/aromatic N) is 4. The molecule has 2 heterocycles. The summed E-state index contributed by atoms with van der Waals surface area (Å²) in [5, 5.41) is 9.12. The van der Waals surface area contributed by atoms with Crippen LogP contribution in [0.5, 0.6) is 0 Å². The van der Waals surface area contributed by atoms with Crippen molar-refractivity contribution in [2.24, 2.45) is 11.5 Å². The lowest BCUT2D eigenvalue weighted by Gasteiger charge is -2.26. The average molecular weight is 954 g/mol. The minimum atomic E-state index is -1.12. The van der Waals surface area contributed by atoms with E-state index in [0.717, 1.165) is 34.8 Å². The molecule has 2 aromatic heterocycles. The molecule has 0 spiro atoms. The van der Waals surface area contributed by atoms with Crippen molar-refractivity contribution in [1.82, 2.24) is 9.97 Å². The average Bonchev–Trinajstić information content (AvgIpc) is 3.84. The monoisotopic (exact) mass is 952 g/mol. The van der Waals surface area contributed by atoms with E-state index in [1.165, 1.54) is 96.4 Å². The zero-order chi connectivity index (χ0) is 47.2. The number of primary amides is 2. The van der Waals surface area contributed by atoms with E-state index in [2.05, 4.69) is 9.97 Å². The maximum absolute atomic E-state index is 14.1. The van der Waals surface area contributed by atoms with Crippen LogP contribution in [0.25, 0.3) is 0 Å². The van der Waals surface area contributed by atoms with Crippen molar-refractivity contribution in [3.8, 4) is 0 Å². The van der Waals surface area contributed by atoms with E-state index in [0.29, 0.717) is 5.56 Å². The van der Waals surface area contributed by atoms with Gasteiger partial charge in [-0.2, -0.15) is 0 Å². The van der Waals surface area contributed by atoms with Crippen molar-refractivity contribution < 1.29 is 47.4 Å². The quantitative estimate of drug-likeness (QED) is 0.0496. The lowest BCUT2D eigenvalue weighted by Crippen LogP contribution is -2.40. The van der Waals surface area contributed by atoms with Crippen molar-refractivity contribution in [3.05, 3.63) is 139 Å². The number of carboxylic acids is 1. The number of carbonyl (C=O) groups excluding carboxylic acids is 5. The molecule has 0 saturated heterocycles. The molecule has 0 aliphatic heterocycles. The lowest BCUT2D eigenvalue weighted by atomic mass is 10.1. The van der Waals surface area contributed by atoms with E-state index < -0.39 is 59.0 Å². The predicted octanol–water partition coefficient (Wildman–Crippen LogP) is 7.40. The van der Waals surface area contributed by atoms with Gasteiger partial charge in [-0.25, -0.2) is 28.3 Å². The molecular weight excluding hydrogens is 918 g/mol. The molecule has 6 rings (SSSR count). The number of hydrogen-bond donors (Lipinski definition) is 5. The number of rotatable bonds is 15. The van der Waals surface area contributed by atoms with Crippen LogP contribution in [0.4, 0.5) is 42.1 Å². The third-order valence-electron chi connectivity index (χ3n) is 9.12. The summed E-state index contributed by atoms with van der Waals surface area (Å²) in [6, 6.07) is 17.2. The highest BCUT2D eigenvalue weighted by Crippen LogP contribution is 2.38. The van der Waals surface area contributed by atoms with Gasteiger partial charge in [0, 0.05) is 22.5 Å². The topological polar surface area (TPSA) is 268 Å². The van der Waals surface area contributed by atoms with Crippen molar-refractivity contribution >= 4 is 114 Å². The highest BCUT2D eigenvalue weighted by molar-refractivity contribution is 7.18. The summed E-state index contributed by atoms with van der Waals surface area (Å²) in [7, 11) is 0. The second kappa shape index (κ2) is 20.5. The Morgan fingerprint density at radius 3 is 1.34 bits per heavy atom. The van der Waals surface area contributed by atoms with E-state index in [-0.39, 0.29) is 76.4 Å². The van der Waals surface area contributed by atoms with Crippen molar-refractivity contribution in [2.45, 2.75) is 32.9 Å². The zero-order valence-corrected chi connectivity index (χ0v) is 36.8. The van der Waals surface area contributed by atoms with Crippen molar-refractivity contribution in [1.29, 1.82) is 0 Å². The first-order valence-electron chi connectivity index (χ1n) is 18.5. The minimum Gasteiger partial charge on any atom is -0.478 e. The molecule has 2 atom stereocenters. The number of hydrogen-bond acceptors (Lipinski definition) is 15. The number of nitrogen functional groups attached to an aromatic ring is 2. The van der Waals surface area contributed by atoms with Crippen LogP contribution >= 0.6 is 45.9 Å². The highest BCUT2D eigenvalue weighted by atomic mass is 35.5. The smallest absolute Gasteiger partial charge is 0.338 e. The number of benzene rings is 4. The molecular formula is C42H36Cl2F2N8O8S2. The van der Waals surface area contributed by atoms with E-state index in [4.69, 9.17) is 56.0 Å². The Kier molecular flexibility index (Phi) is 15.4. The number of ether oxygens (including phenoxy) is 1. The molecule has 16 nitrogen and oxygen atoms in total. The normalized spacial score (nSPS) is 11.7. The standard InChI is InChI=1S/C22H20ClFN4O4S.C20H16ClFN4O4S/c1-3-32-21(31)13-6-4-12(5-7-13)17(29)18-19(25)27-22(33-18)28(11(2)20(26)30)14-8-9-15(23)16(24)10-14;1-9(18(24)28)26(12-6-7-13(21)14(22)8-12)20-25-17(23)16(31-20)15(27)10-2-4-11(5-3-10)19(29)30/h4-11H,3,25H2,1-2H3,(H2,26,30);2-9H,23H2,1H3,(H2,24,28)(H,29,30)/t11-;9-/m11/s1. The molecule has 0 unspecified atom stereocenters. The Hall–Kier alpha value is -7.00. The number of carbonyl (C=O) groups is 6. The summed E-state index contributed by atoms with van der Waals surface area (Å²) >= 11 is 13.3. The number of esters is 1. The minimum absolute atomic E-state index is 0.0285. The molecule has 22 heteroatoms. The number of nitrogens with two attached hydrogens (primary N) is 4. The van der Waals surface area contributed by atoms with Gasteiger partial charge in [-0.05, 0) is 81.4 Å². The number of amides is 2. The largest absolute Gasteiger partial charge is 0.478 e. The molecule has 0 saturated carbocycles. The van der Waals surface area contributed by atoms with Crippen LogP contribution in [0.2, 0.25) is 10.0 Å². The fraction of sp³-hybridized carbons (Fsp3) is 0.143. The van der Waals surface area contributed by atoms with Crippen molar-refractivity contribution in [3.63, 3.8) is 0 Å². The zero-order valence-electron chi connectivity index (χ0n) is 33.7. The molecule has 9 N–H and O–H groups in total. The molecule has 4 aromatic carbocycles. The second-order valence-corrected chi connectivity index (χ2v) is 16.1. The third kappa shape index (κ3) is 10.8. The van der Waals surface area contributed by atoms with Crippen LogP contribution in [-0.4, -0.2) is 69.1 Å². The van der Waals surface area contributed by atoms with Crippen LogP contribution in [0.15, 0.2) is 84.9 Å². The van der Waals surface area contributed by atoms with Crippen molar-refractivity contribution in [2.75, 3.05) is 27.9 Å². The predicted molar refractivity (Wildman–Crippen MR) is 240 cm³/mol. The van der Waals surface area contributed by atoms with E-state index in [1.807, 2.05) is 0 Å². The summed E-state index contributed by atoms with van der Waals surface area (Å²) in [4.78, 5) is 83.8. The Morgan fingerprint density at radius 2 is 1.02 bits per heavy atom. The van der Waals surface area contributed by atoms with Gasteiger partial charge in [0.15, 0.2) is 10.3 Å². The first kappa shape index (κ1) is 48.0. The van der Waals surface area contributed by atoms with E-state index in [1.54, 1.807) is 6.92 Å². The van der Waals surface area contributed by atoms with Crippen LogP contribution < -0.4 is 32.7 Å². The maximum atomic E-state index is 14.1. The molecule has 0 aliphatic rings. The molecule has 332 valence electrons. The maximum Gasteiger partial charge on any atom is 0.338 e. The summed E-state index contributed by atoms with van der Waals surface area (Å²) in [6.07, 6.45) is 0. The summed E-state index contributed by atoms with van der Waals surface area (Å²) in [5.41, 5.74) is 24.2. The van der Waals surface area contributed by atoms with Gasteiger partial charge in [0.2, 0.25) is 23.4 Å². The third-order valence-corrected chi connectivity index (χ3v) is 11.9. The molecule has 0 aliphatic carbocycles. The molecule has 0 bridgehead atoms. The van der Waals surface area contributed by atoms with Gasteiger partial charge in [0.25, 0.3) is 0 Å². The van der Waals surface area contributed by atoms with Gasteiger partial charge in [0.1, 0.15) is 45.1 Å². The molecule has 2 amide bonds. The van der Waals surface area contributed by atoms with Gasteiger partial charge in [0.05, 0.1) is 27.8 Å². The molecule has 64 heavy (non-hydrogen) atoms. The van der Waals surface area contributed by atoms with Crippen LogP contribution in [-0.2, 0) is 14.3 Å². The first-order chi connectivity index (χ1) is 30.2. The number of carboxylic acid groups (broad SMARTS) is 1. The number of aromatic nitrogens is 2. The second-order valence-electron chi connectivity index (χ2n) is 13.4. The summed E-state index contributed by atoms with van der Waals surface area (Å²) < 4.78 is 33.1. The number of halogens is 4. The van der Waals surface area contributed by atoms with Gasteiger partial charge >= 0.3 is 11.9 Å². The highest BCUT2D eigenvalue weighted by Gasteiger charge is 2.30. The Bertz CT molecular complexity index is 2770. The summed E-state index contributed by atoms with van der Waals surface area (Å²) in [6.45, 7) is 4.94. The van der Waals surface area contributed by atoms with Crippen LogP contribution in [0.1, 0.15) is 72.0 Å². The first-order valence-corrected chi connectivity index (χ1v) is 20.9. The molecule has 6 aromatic rings. The van der Waals surface area contributed by atoms with Gasteiger partial charge in [-0.15, -0.1) is 0 Å².